The van der Waals surface area contributed by atoms with Crippen LogP contribution in [0.15, 0.2) is 12.2 Å². The average molecular weight is 154 g/mol. The molecule has 0 amide bonds. The van der Waals surface area contributed by atoms with E-state index in [0.717, 1.165) is 12.8 Å². The fourth-order valence-electron chi connectivity index (χ4n) is 1.43. The number of hydrogen-bond acceptors (Lipinski definition) is 2. The predicted octanol–water partition coefficient (Wildman–Crippen LogP) is 1.90. The first-order valence-corrected chi connectivity index (χ1v) is 4.04. The third kappa shape index (κ3) is 1.62. The van der Waals surface area contributed by atoms with E-state index in [0.29, 0.717) is 11.5 Å². The van der Waals surface area contributed by atoms with Gasteiger partial charge in [-0.2, -0.15) is 0 Å². The first-order valence-electron chi connectivity index (χ1n) is 4.04. The Morgan fingerprint density at radius 3 is 2.91 bits per heavy atom. The normalized spacial score (nSPS) is 31.8. The van der Waals surface area contributed by atoms with Crippen molar-refractivity contribution in [3.63, 3.8) is 0 Å². The molecular weight excluding hydrogens is 140 g/mol. The van der Waals surface area contributed by atoms with Gasteiger partial charge >= 0.3 is 5.97 Å². The van der Waals surface area contributed by atoms with Crippen LogP contribution in [0.3, 0.4) is 0 Å². The van der Waals surface area contributed by atoms with Gasteiger partial charge in [-0.1, -0.05) is 20.4 Å². The van der Waals surface area contributed by atoms with Gasteiger partial charge in [-0.25, -0.2) is 4.79 Å². The van der Waals surface area contributed by atoms with E-state index < -0.39 is 0 Å². The quantitative estimate of drug-likeness (QED) is 0.426. The van der Waals surface area contributed by atoms with Gasteiger partial charge in [-0.15, -0.1) is 0 Å². The fraction of sp³-hybridized carbons (Fsp3) is 0.667. The summed E-state index contributed by atoms with van der Waals surface area (Å²) in [4.78, 5) is 11.0. The molecule has 0 aromatic carbocycles. The maximum absolute atomic E-state index is 11.0. The minimum absolute atomic E-state index is 0.105. The van der Waals surface area contributed by atoms with E-state index in [2.05, 4.69) is 13.5 Å². The molecule has 0 N–H and O–H groups in total. The summed E-state index contributed by atoms with van der Waals surface area (Å²) in [5.74, 6) is 0.222. The highest BCUT2D eigenvalue weighted by molar-refractivity contribution is 5.88. The van der Waals surface area contributed by atoms with Crippen LogP contribution in [0.25, 0.3) is 0 Å². The van der Waals surface area contributed by atoms with Crippen LogP contribution in [0.1, 0.15) is 26.7 Å². The summed E-state index contributed by atoms with van der Waals surface area (Å²) in [5, 5.41) is 0. The highest BCUT2D eigenvalue weighted by atomic mass is 16.5. The first kappa shape index (κ1) is 8.31. The van der Waals surface area contributed by atoms with Gasteiger partial charge in [-0.3, -0.25) is 0 Å². The molecule has 0 saturated carbocycles. The van der Waals surface area contributed by atoms with Crippen LogP contribution in [-0.4, -0.2) is 12.1 Å². The van der Waals surface area contributed by atoms with Crippen molar-refractivity contribution in [1.29, 1.82) is 0 Å². The summed E-state index contributed by atoms with van der Waals surface area (Å²) in [6.07, 6.45) is 1.80. The molecule has 0 aromatic rings. The smallest absolute Gasteiger partial charge is 0.333 e. The fourth-order valence-corrected chi connectivity index (χ4v) is 1.43. The number of esters is 1. The van der Waals surface area contributed by atoms with E-state index >= 15 is 0 Å². The van der Waals surface area contributed by atoms with Gasteiger partial charge < -0.3 is 4.74 Å². The van der Waals surface area contributed by atoms with Crippen molar-refractivity contribution >= 4 is 5.97 Å². The molecule has 2 unspecified atom stereocenters. The zero-order valence-electron chi connectivity index (χ0n) is 7.09. The maximum Gasteiger partial charge on any atom is 0.333 e. The van der Waals surface area contributed by atoms with Crippen LogP contribution >= 0.6 is 0 Å². The number of ether oxygens (including phenoxy) is 1. The van der Waals surface area contributed by atoms with Gasteiger partial charge in [0.25, 0.3) is 0 Å². The summed E-state index contributed by atoms with van der Waals surface area (Å²) in [7, 11) is 0. The molecule has 0 aromatic heterocycles. The van der Waals surface area contributed by atoms with E-state index in [1.54, 1.807) is 0 Å². The van der Waals surface area contributed by atoms with Crippen LogP contribution in [0.4, 0.5) is 0 Å². The lowest BCUT2D eigenvalue weighted by atomic mass is 9.92. The number of hydrogen-bond donors (Lipinski definition) is 0. The highest BCUT2D eigenvalue weighted by Gasteiger charge is 2.28. The number of carbonyl (C=O) groups excluding carboxylic acids is 1. The second-order valence-electron chi connectivity index (χ2n) is 3.14. The Morgan fingerprint density at radius 2 is 2.36 bits per heavy atom. The van der Waals surface area contributed by atoms with E-state index in [1.165, 1.54) is 0 Å². The molecule has 1 rings (SSSR count). The third-order valence-electron chi connectivity index (χ3n) is 2.15. The topological polar surface area (TPSA) is 26.3 Å². The number of carbonyl (C=O) groups is 1. The molecular formula is C9H14O2. The Morgan fingerprint density at radius 1 is 1.73 bits per heavy atom. The van der Waals surface area contributed by atoms with E-state index in [9.17, 15) is 4.79 Å². The Balaban J connectivity index is 2.62. The van der Waals surface area contributed by atoms with Gasteiger partial charge in [0.15, 0.2) is 0 Å². The molecule has 2 atom stereocenters. The van der Waals surface area contributed by atoms with Crippen LogP contribution in [0, 0.1) is 5.92 Å². The van der Waals surface area contributed by atoms with Gasteiger partial charge in [0.1, 0.15) is 6.10 Å². The van der Waals surface area contributed by atoms with Crippen molar-refractivity contribution in [2.75, 3.05) is 0 Å². The molecule has 1 aliphatic rings. The Kier molecular flexibility index (Phi) is 2.32. The summed E-state index contributed by atoms with van der Waals surface area (Å²) in [5.41, 5.74) is 0.613. The summed E-state index contributed by atoms with van der Waals surface area (Å²) < 4.78 is 5.12. The summed E-state index contributed by atoms with van der Waals surface area (Å²) >= 11 is 0. The van der Waals surface area contributed by atoms with E-state index in [-0.39, 0.29) is 12.1 Å². The molecule has 0 aliphatic carbocycles. The van der Waals surface area contributed by atoms with Crippen molar-refractivity contribution in [1.82, 2.24) is 0 Å². The summed E-state index contributed by atoms with van der Waals surface area (Å²) in [6, 6.07) is 0. The van der Waals surface area contributed by atoms with Crippen LogP contribution < -0.4 is 0 Å². The van der Waals surface area contributed by atoms with Crippen molar-refractivity contribution in [2.45, 2.75) is 32.8 Å². The molecule has 1 saturated heterocycles. The molecule has 2 heteroatoms. The lowest BCUT2D eigenvalue weighted by Crippen LogP contribution is -2.31. The first-order chi connectivity index (χ1) is 5.15. The Bertz CT molecular complexity index is 184. The van der Waals surface area contributed by atoms with E-state index in [4.69, 9.17) is 4.74 Å². The number of rotatable bonds is 1. The molecule has 1 fully saturated rings. The largest absolute Gasteiger partial charge is 0.459 e. The lowest BCUT2D eigenvalue weighted by Gasteiger charge is -2.28. The van der Waals surface area contributed by atoms with Crippen molar-refractivity contribution in [3.8, 4) is 0 Å². The van der Waals surface area contributed by atoms with Crippen LogP contribution in [0.2, 0.25) is 0 Å². The SMILES string of the molecule is C=C1CC(C)C(CC)OC1=O. The molecule has 0 radical (unpaired) electrons. The Labute approximate surface area is 67.2 Å². The van der Waals surface area contributed by atoms with Crippen LogP contribution in [0.5, 0.6) is 0 Å². The molecule has 0 spiro atoms. The van der Waals surface area contributed by atoms with E-state index in [1.807, 2.05) is 6.92 Å². The minimum atomic E-state index is -0.213. The monoisotopic (exact) mass is 154 g/mol. The molecule has 62 valence electrons. The average Bonchev–Trinajstić information content (AvgIpc) is 1.97. The van der Waals surface area contributed by atoms with Crippen molar-refractivity contribution in [2.24, 2.45) is 5.92 Å². The van der Waals surface area contributed by atoms with Gasteiger partial charge in [0, 0.05) is 5.57 Å². The highest BCUT2D eigenvalue weighted by Crippen LogP contribution is 2.25. The minimum Gasteiger partial charge on any atom is -0.459 e. The molecule has 1 aliphatic heterocycles. The maximum atomic E-state index is 11.0. The predicted molar refractivity (Wildman–Crippen MR) is 43.1 cm³/mol. The zero-order chi connectivity index (χ0) is 8.43. The second-order valence-corrected chi connectivity index (χ2v) is 3.14. The second kappa shape index (κ2) is 3.07. The molecule has 2 nitrogen and oxygen atoms in total. The lowest BCUT2D eigenvalue weighted by molar-refractivity contribution is -0.151. The third-order valence-corrected chi connectivity index (χ3v) is 2.15. The molecule has 11 heavy (non-hydrogen) atoms. The van der Waals surface area contributed by atoms with Crippen molar-refractivity contribution < 1.29 is 9.53 Å². The van der Waals surface area contributed by atoms with Gasteiger partial charge in [-0.05, 0) is 18.8 Å². The Hall–Kier alpha value is -0.790. The van der Waals surface area contributed by atoms with Gasteiger partial charge in [0.05, 0.1) is 0 Å². The molecule has 0 bridgehead atoms. The number of cyclic esters (lactones) is 1. The standard InChI is InChI=1S/C9H14O2/c1-4-8-6(2)5-7(3)9(10)11-8/h6,8H,3-5H2,1-2H3. The molecule has 1 heterocycles. The summed E-state index contributed by atoms with van der Waals surface area (Å²) in [6.45, 7) is 7.76. The van der Waals surface area contributed by atoms with Gasteiger partial charge in [0.2, 0.25) is 0 Å². The van der Waals surface area contributed by atoms with Crippen molar-refractivity contribution in [3.05, 3.63) is 12.2 Å². The zero-order valence-corrected chi connectivity index (χ0v) is 7.09. The van der Waals surface area contributed by atoms with Crippen LogP contribution in [-0.2, 0) is 9.53 Å².